The quantitative estimate of drug-likeness (QED) is 0.734. The molecule has 1 fully saturated rings. The van der Waals surface area contributed by atoms with E-state index in [1.165, 1.54) is 0 Å². The molecule has 1 aromatic carbocycles. The van der Waals surface area contributed by atoms with E-state index in [1.54, 1.807) is 29.2 Å². The largest absolute Gasteiger partial charge is 0.378 e. The summed E-state index contributed by atoms with van der Waals surface area (Å²) in [6.45, 7) is 1.16. The number of ether oxygens (including phenoxy) is 1. The first kappa shape index (κ1) is 19.3. The van der Waals surface area contributed by atoms with E-state index >= 15 is 0 Å². The van der Waals surface area contributed by atoms with Gasteiger partial charge >= 0.3 is 0 Å². The number of rotatable bonds is 7. The fourth-order valence-corrected chi connectivity index (χ4v) is 3.48. The van der Waals surface area contributed by atoms with Crippen LogP contribution in [0.5, 0.6) is 0 Å². The number of hydrogen-bond acceptors (Lipinski definition) is 6. The van der Waals surface area contributed by atoms with Crippen molar-refractivity contribution in [2.45, 2.75) is 0 Å². The average Bonchev–Trinajstić information content (AvgIpc) is 3.12. The fraction of sp³-hybridized carbons (Fsp3) is 0.278. The molecule has 3 rings (SSSR count). The van der Waals surface area contributed by atoms with E-state index in [-0.39, 0.29) is 37.3 Å². The summed E-state index contributed by atoms with van der Waals surface area (Å²) >= 11 is 6.95. The summed E-state index contributed by atoms with van der Waals surface area (Å²) in [7, 11) is 0. The van der Waals surface area contributed by atoms with Crippen molar-refractivity contribution in [3.8, 4) is 0 Å². The fourth-order valence-electron chi connectivity index (χ4n) is 2.52. The minimum absolute atomic E-state index is 0.0677. The van der Waals surface area contributed by atoms with Gasteiger partial charge in [0.15, 0.2) is 5.78 Å². The maximum atomic E-state index is 11.9. The van der Waals surface area contributed by atoms with E-state index in [1.807, 2.05) is 12.1 Å². The number of benzene rings is 1. The number of thiophene rings is 1. The van der Waals surface area contributed by atoms with Gasteiger partial charge in [-0.3, -0.25) is 14.4 Å². The van der Waals surface area contributed by atoms with Crippen LogP contribution in [0.2, 0.25) is 4.34 Å². The van der Waals surface area contributed by atoms with Gasteiger partial charge in [-0.2, -0.15) is 0 Å². The molecule has 0 unspecified atom stereocenters. The van der Waals surface area contributed by atoms with Crippen LogP contribution in [0.25, 0.3) is 0 Å². The van der Waals surface area contributed by atoms with Crippen molar-refractivity contribution in [1.82, 2.24) is 5.32 Å². The van der Waals surface area contributed by atoms with Gasteiger partial charge in [0.05, 0.1) is 28.9 Å². The Labute approximate surface area is 165 Å². The topological polar surface area (TPSA) is 87.7 Å². The smallest absolute Gasteiger partial charge is 0.261 e. The van der Waals surface area contributed by atoms with Crippen LogP contribution in [0.4, 0.5) is 11.4 Å². The molecule has 2 heterocycles. The molecule has 2 N–H and O–H groups in total. The third-order valence-corrected chi connectivity index (χ3v) is 5.13. The van der Waals surface area contributed by atoms with E-state index in [2.05, 4.69) is 10.6 Å². The van der Waals surface area contributed by atoms with Gasteiger partial charge in [0, 0.05) is 17.9 Å². The lowest BCUT2D eigenvalue weighted by Crippen LogP contribution is -2.41. The SMILES string of the molecule is O=C(CNC(=O)c1ccc(Cl)s1)CNc1ccc(N2CCOCC2=O)cc1. The number of nitrogens with one attached hydrogen (secondary N) is 2. The highest BCUT2D eigenvalue weighted by Crippen LogP contribution is 2.21. The Morgan fingerprint density at radius 1 is 1.15 bits per heavy atom. The number of carbonyl (C=O) groups is 3. The summed E-state index contributed by atoms with van der Waals surface area (Å²) in [5, 5.41) is 5.58. The molecule has 1 aromatic heterocycles. The van der Waals surface area contributed by atoms with Gasteiger partial charge < -0.3 is 20.3 Å². The second-order valence-electron chi connectivity index (χ2n) is 5.82. The van der Waals surface area contributed by atoms with Crippen LogP contribution in [0.1, 0.15) is 9.67 Å². The molecule has 0 spiro atoms. The first-order chi connectivity index (χ1) is 13.0. The van der Waals surface area contributed by atoms with Crippen LogP contribution in [-0.4, -0.2) is 50.4 Å². The number of hydrogen-bond donors (Lipinski definition) is 2. The van der Waals surface area contributed by atoms with Crippen molar-refractivity contribution in [2.24, 2.45) is 0 Å². The first-order valence-corrected chi connectivity index (χ1v) is 9.49. The van der Waals surface area contributed by atoms with E-state index in [0.717, 1.165) is 22.7 Å². The number of morpholine rings is 1. The van der Waals surface area contributed by atoms with E-state index in [0.29, 0.717) is 22.4 Å². The summed E-state index contributed by atoms with van der Waals surface area (Å²) in [5.74, 6) is -0.543. The first-order valence-electron chi connectivity index (χ1n) is 8.30. The summed E-state index contributed by atoms with van der Waals surface area (Å²) < 4.78 is 5.64. The van der Waals surface area contributed by atoms with Gasteiger partial charge in [0.1, 0.15) is 6.61 Å². The van der Waals surface area contributed by atoms with Gasteiger partial charge in [-0.05, 0) is 36.4 Å². The molecule has 1 aliphatic heterocycles. The standard InChI is InChI=1S/C18H18ClN3O4S/c19-16-6-5-15(27-16)18(25)21-10-14(23)9-20-12-1-3-13(4-2-12)22-7-8-26-11-17(22)24/h1-6,20H,7-11H2,(H,21,25). The molecule has 1 aliphatic rings. The number of ketones is 1. The number of nitrogens with zero attached hydrogens (tertiary/aromatic N) is 1. The molecule has 0 radical (unpaired) electrons. The van der Waals surface area contributed by atoms with Crippen molar-refractivity contribution in [3.05, 3.63) is 45.6 Å². The van der Waals surface area contributed by atoms with Gasteiger partial charge in [0.2, 0.25) is 0 Å². The van der Waals surface area contributed by atoms with E-state index in [4.69, 9.17) is 16.3 Å². The normalized spacial score (nSPS) is 14.1. The Bertz CT molecular complexity index is 837. The van der Waals surface area contributed by atoms with Crippen LogP contribution in [0.15, 0.2) is 36.4 Å². The summed E-state index contributed by atoms with van der Waals surface area (Å²) in [5.41, 5.74) is 1.55. The maximum absolute atomic E-state index is 11.9. The molecule has 27 heavy (non-hydrogen) atoms. The summed E-state index contributed by atoms with van der Waals surface area (Å²) in [4.78, 5) is 37.8. The van der Waals surface area contributed by atoms with Crippen molar-refractivity contribution in [2.75, 3.05) is 43.1 Å². The summed E-state index contributed by atoms with van der Waals surface area (Å²) in [6.07, 6.45) is 0. The molecule has 0 atom stereocenters. The van der Waals surface area contributed by atoms with Gasteiger partial charge in [-0.1, -0.05) is 11.6 Å². The zero-order chi connectivity index (χ0) is 19.2. The Morgan fingerprint density at radius 2 is 1.93 bits per heavy atom. The molecule has 2 amide bonds. The number of halogens is 1. The minimum Gasteiger partial charge on any atom is -0.378 e. The molecule has 0 saturated carbocycles. The van der Waals surface area contributed by atoms with Crippen molar-refractivity contribution in [1.29, 1.82) is 0 Å². The summed E-state index contributed by atoms with van der Waals surface area (Å²) in [6, 6.07) is 10.5. The third kappa shape index (κ3) is 5.29. The van der Waals surface area contributed by atoms with Crippen LogP contribution in [-0.2, 0) is 14.3 Å². The molecule has 0 aliphatic carbocycles. The second-order valence-corrected chi connectivity index (χ2v) is 7.54. The maximum Gasteiger partial charge on any atom is 0.261 e. The Kier molecular flexibility index (Phi) is 6.44. The predicted molar refractivity (Wildman–Crippen MR) is 105 cm³/mol. The van der Waals surface area contributed by atoms with Gasteiger partial charge in [-0.15, -0.1) is 11.3 Å². The Hall–Kier alpha value is -2.42. The predicted octanol–water partition coefficient (Wildman–Crippen LogP) is 2.18. The second kappa shape index (κ2) is 8.98. The number of anilines is 2. The van der Waals surface area contributed by atoms with Crippen molar-refractivity contribution in [3.63, 3.8) is 0 Å². The number of amides is 2. The lowest BCUT2D eigenvalue weighted by molar-refractivity contribution is -0.125. The molecule has 142 valence electrons. The molecular weight excluding hydrogens is 390 g/mol. The number of Topliss-reactive ketones (excluding diaryl/α,β-unsaturated/α-hetero) is 1. The van der Waals surface area contributed by atoms with Crippen LogP contribution >= 0.6 is 22.9 Å². The zero-order valence-corrected chi connectivity index (χ0v) is 15.9. The van der Waals surface area contributed by atoms with E-state index < -0.39 is 0 Å². The Morgan fingerprint density at radius 3 is 2.59 bits per heavy atom. The van der Waals surface area contributed by atoms with Gasteiger partial charge in [0.25, 0.3) is 11.8 Å². The minimum atomic E-state index is -0.320. The van der Waals surface area contributed by atoms with Gasteiger partial charge in [-0.25, -0.2) is 0 Å². The molecule has 2 aromatic rings. The molecule has 1 saturated heterocycles. The lowest BCUT2D eigenvalue weighted by Gasteiger charge is -2.26. The highest BCUT2D eigenvalue weighted by atomic mass is 35.5. The molecule has 9 heteroatoms. The molecule has 7 nitrogen and oxygen atoms in total. The zero-order valence-electron chi connectivity index (χ0n) is 14.4. The van der Waals surface area contributed by atoms with Crippen molar-refractivity contribution >= 4 is 51.9 Å². The van der Waals surface area contributed by atoms with Crippen LogP contribution < -0.4 is 15.5 Å². The highest BCUT2D eigenvalue weighted by Gasteiger charge is 2.19. The van der Waals surface area contributed by atoms with Crippen molar-refractivity contribution < 1.29 is 19.1 Å². The molecular formula is C18H18ClN3O4S. The molecule has 0 bridgehead atoms. The lowest BCUT2D eigenvalue weighted by atomic mass is 10.2. The van der Waals surface area contributed by atoms with Crippen LogP contribution in [0.3, 0.4) is 0 Å². The highest BCUT2D eigenvalue weighted by molar-refractivity contribution is 7.18. The van der Waals surface area contributed by atoms with Crippen LogP contribution in [0, 0.1) is 0 Å². The monoisotopic (exact) mass is 407 g/mol. The number of carbonyl (C=O) groups excluding carboxylic acids is 3. The van der Waals surface area contributed by atoms with E-state index in [9.17, 15) is 14.4 Å². The third-order valence-electron chi connectivity index (χ3n) is 3.90. The Balaban J connectivity index is 1.44. The average molecular weight is 408 g/mol.